The number of methoxy groups -OCH3 is 1. The number of rotatable bonds is 6. The summed E-state index contributed by atoms with van der Waals surface area (Å²) in [5.41, 5.74) is 1.55. The van der Waals surface area contributed by atoms with Gasteiger partial charge in [0.1, 0.15) is 0 Å². The number of alkyl halides is 3. The van der Waals surface area contributed by atoms with Gasteiger partial charge in [0.2, 0.25) is 0 Å². The monoisotopic (exact) mass is 230 g/mol. The molecule has 0 fully saturated rings. The first-order chi connectivity index (χ1) is 6.23. The molecule has 86 valence electrons. The number of hydrogen-bond acceptors (Lipinski definition) is 3. The van der Waals surface area contributed by atoms with Crippen LogP contribution in [0, 0.1) is 0 Å². The van der Waals surface area contributed by atoms with Gasteiger partial charge in [-0.1, -0.05) is 0 Å². The summed E-state index contributed by atoms with van der Waals surface area (Å²) in [6.07, 6.45) is 0.592. The van der Waals surface area contributed by atoms with E-state index in [2.05, 4.69) is 0 Å². The average Bonchev–Trinajstić information content (AvgIpc) is 2.03. The molecule has 6 heteroatoms. The third kappa shape index (κ3) is 5.05. The molecule has 0 aromatic rings. The Bertz CT molecular complexity index is 173. The van der Waals surface area contributed by atoms with Crippen molar-refractivity contribution in [1.82, 2.24) is 5.43 Å². The van der Waals surface area contributed by atoms with Gasteiger partial charge in [0.25, 0.3) is 0 Å². The third-order valence-corrected chi connectivity index (χ3v) is 2.45. The van der Waals surface area contributed by atoms with E-state index in [4.69, 9.17) is 22.2 Å². The van der Waals surface area contributed by atoms with Gasteiger partial charge < -0.3 is 4.74 Å². The zero-order chi connectivity index (χ0) is 11.4. The molecule has 0 amide bonds. The molecule has 0 aromatic carbocycles. The highest BCUT2D eigenvalue weighted by atomic mass is 35.5. The fraction of sp³-hybridized carbons (Fsp3) is 1.00. The zero-order valence-corrected chi connectivity index (χ0v) is 9.37. The largest absolute Gasteiger partial charge is 0.379 e. The van der Waals surface area contributed by atoms with Crippen LogP contribution in [0.3, 0.4) is 0 Å². The second-order valence-electron chi connectivity index (χ2n) is 3.76. The van der Waals surface area contributed by atoms with Gasteiger partial charge in [0.05, 0.1) is 11.6 Å². The molecular formula is C8H17ClF2N2O. The lowest BCUT2D eigenvalue weighted by Crippen LogP contribution is -2.46. The Morgan fingerprint density at radius 1 is 1.50 bits per heavy atom. The lowest BCUT2D eigenvalue weighted by atomic mass is 9.99. The van der Waals surface area contributed by atoms with Crippen molar-refractivity contribution < 1.29 is 13.5 Å². The lowest BCUT2D eigenvalue weighted by Gasteiger charge is -2.27. The fourth-order valence-electron chi connectivity index (χ4n) is 0.935. The number of ether oxygens (including phenoxy) is 1. The van der Waals surface area contributed by atoms with E-state index < -0.39 is 17.0 Å². The van der Waals surface area contributed by atoms with Crippen LogP contribution in [-0.2, 0) is 4.74 Å². The van der Waals surface area contributed by atoms with Crippen LogP contribution >= 0.6 is 11.6 Å². The molecule has 0 radical (unpaired) electrons. The van der Waals surface area contributed by atoms with Crippen LogP contribution in [0.1, 0.15) is 26.7 Å². The van der Waals surface area contributed by atoms with Crippen molar-refractivity contribution in [1.29, 1.82) is 0 Å². The normalized spacial score (nSPS) is 15.6. The number of hydrogen-bond donors (Lipinski definition) is 2. The molecule has 0 aromatic heterocycles. The summed E-state index contributed by atoms with van der Waals surface area (Å²) in [7, 11) is 1.53. The smallest absolute Gasteiger partial charge is 0.338 e. The van der Waals surface area contributed by atoms with Crippen LogP contribution in [0.5, 0.6) is 0 Å². The summed E-state index contributed by atoms with van der Waals surface area (Å²) in [5.74, 6) is 4.97. The molecule has 0 saturated carbocycles. The summed E-state index contributed by atoms with van der Waals surface area (Å²) in [6, 6.07) is -1.24. The first-order valence-electron chi connectivity index (χ1n) is 4.31. The van der Waals surface area contributed by atoms with E-state index in [9.17, 15) is 8.78 Å². The summed E-state index contributed by atoms with van der Waals surface area (Å²) in [5, 5.41) is -3.33. The van der Waals surface area contributed by atoms with E-state index in [1.54, 1.807) is 0 Å². The van der Waals surface area contributed by atoms with Crippen molar-refractivity contribution in [3.63, 3.8) is 0 Å². The molecule has 0 aliphatic rings. The van der Waals surface area contributed by atoms with E-state index in [1.807, 2.05) is 19.3 Å². The number of nitrogens with one attached hydrogen (secondary N) is 1. The van der Waals surface area contributed by atoms with Crippen LogP contribution < -0.4 is 11.3 Å². The molecule has 0 rings (SSSR count). The van der Waals surface area contributed by atoms with Gasteiger partial charge in [-0.15, -0.1) is 0 Å². The highest BCUT2D eigenvalue weighted by Gasteiger charge is 2.37. The fourth-order valence-corrected chi connectivity index (χ4v) is 1.11. The van der Waals surface area contributed by atoms with Gasteiger partial charge in [-0.05, 0) is 38.3 Å². The Hall–Kier alpha value is 0.0300. The molecule has 1 atom stereocenters. The Morgan fingerprint density at radius 3 is 2.29 bits per heavy atom. The van der Waals surface area contributed by atoms with Crippen LogP contribution in [0.4, 0.5) is 8.78 Å². The number of halogens is 3. The summed E-state index contributed by atoms with van der Waals surface area (Å²) in [4.78, 5) is 0. The van der Waals surface area contributed by atoms with E-state index in [0.29, 0.717) is 6.42 Å². The van der Waals surface area contributed by atoms with E-state index >= 15 is 0 Å². The molecule has 0 spiro atoms. The quantitative estimate of drug-likeness (QED) is 0.416. The predicted octanol–water partition coefficient (Wildman–Crippen LogP) is 1.86. The Kier molecular flexibility index (Phi) is 5.22. The van der Waals surface area contributed by atoms with Gasteiger partial charge in [-0.3, -0.25) is 5.84 Å². The lowest BCUT2D eigenvalue weighted by molar-refractivity contribution is -0.00409. The van der Waals surface area contributed by atoms with Gasteiger partial charge in [0, 0.05) is 7.11 Å². The molecule has 0 aliphatic heterocycles. The van der Waals surface area contributed by atoms with E-state index in [1.165, 1.54) is 7.11 Å². The molecular weight excluding hydrogens is 214 g/mol. The minimum absolute atomic E-state index is 0.147. The van der Waals surface area contributed by atoms with Crippen LogP contribution in [0.25, 0.3) is 0 Å². The van der Waals surface area contributed by atoms with E-state index in [0.717, 1.165) is 0 Å². The highest BCUT2D eigenvalue weighted by molar-refractivity contribution is 6.22. The highest BCUT2D eigenvalue weighted by Crippen LogP contribution is 2.28. The molecule has 1 unspecified atom stereocenters. The van der Waals surface area contributed by atoms with Crippen LogP contribution in [0.2, 0.25) is 0 Å². The van der Waals surface area contributed by atoms with Crippen LogP contribution in [0.15, 0.2) is 0 Å². The molecule has 0 bridgehead atoms. The molecule has 0 aliphatic carbocycles. The summed E-state index contributed by atoms with van der Waals surface area (Å²) < 4.78 is 30.4. The molecule has 14 heavy (non-hydrogen) atoms. The second kappa shape index (κ2) is 5.21. The van der Waals surface area contributed by atoms with Gasteiger partial charge in [0.15, 0.2) is 0 Å². The maximum absolute atomic E-state index is 12.6. The second-order valence-corrected chi connectivity index (χ2v) is 4.27. The number of hydrazine groups is 1. The maximum Gasteiger partial charge on any atom is 0.338 e. The first kappa shape index (κ1) is 14.0. The number of nitrogens with two attached hydrogens (primary N) is 1. The standard InChI is InChI=1S/C8H17ClF2N2O/c1-7(2,14-3)5-4-6(13-12)8(9,10)11/h6,13H,4-5,12H2,1-3H3. The Balaban J connectivity index is 4.10. The minimum atomic E-state index is -3.33. The topological polar surface area (TPSA) is 47.3 Å². The molecule has 3 N–H and O–H groups in total. The molecule has 0 saturated heterocycles. The van der Waals surface area contributed by atoms with Gasteiger partial charge >= 0.3 is 5.38 Å². The van der Waals surface area contributed by atoms with Gasteiger partial charge in [-0.2, -0.15) is 8.78 Å². The van der Waals surface area contributed by atoms with Crippen molar-refractivity contribution >= 4 is 11.6 Å². The Morgan fingerprint density at radius 2 is 2.00 bits per heavy atom. The maximum atomic E-state index is 12.6. The molecule has 0 heterocycles. The minimum Gasteiger partial charge on any atom is -0.379 e. The van der Waals surface area contributed by atoms with E-state index in [-0.39, 0.29) is 6.42 Å². The van der Waals surface area contributed by atoms with Crippen molar-refractivity contribution in [3.05, 3.63) is 0 Å². The Labute approximate surface area is 87.9 Å². The average molecular weight is 231 g/mol. The van der Waals surface area contributed by atoms with Crippen molar-refractivity contribution in [2.24, 2.45) is 5.84 Å². The first-order valence-corrected chi connectivity index (χ1v) is 4.69. The van der Waals surface area contributed by atoms with Gasteiger partial charge in [-0.25, -0.2) is 5.43 Å². The SMILES string of the molecule is COC(C)(C)CCC(NN)C(F)(F)Cl. The van der Waals surface area contributed by atoms with Crippen molar-refractivity contribution in [2.75, 3.05) is 7.11 Å². The summed E-state index contributed by atoms with van der Waals surface area (Å²) in [6.45, 7) is 3.62. The molecule has 3 nitrogen and oxygen atoms in total. The zero-order valence-electron chi connectivity index (χ0n) is 8.61. The van der Waals surface area contributed by atoms with Crippen LogP contribution in [-0.4, -0.2) is 24.1 Å². The third-order valence-electron chi connectivity index (χ3n) is 2.18. The van der Waals surface area contributed by atoms with Crippen molar-refractivity contribution in [2.45, 2.75) is 43.7 Å². The summed E-state index contributed by atoms with van der Waals surface area (Å²) >= 11 is 4.85. The van der Waals surface area contributed by atoms with Crippen molar-refractivity contribution in [3.8, 4) is 0 Å². The predicted molar refractivity (Wildman–Crippen MR) is 52.2 cm³/mol.